The lowest BCUT2D eigenvalue weighted by Crippen LogP contribution is -2.44. The van der Waals surface area contributed by atoms with Crippen molar-refractivity contribution in [3.05, 3.63) is 47.3 Å². The maximum atomic E-state index is 12.9. The van der Waals surface area contributed by atoms with Gasteiger partial charge in [0.25, 0.3) is 5.91 Å². The van der Waals surface area contributed by atoms with E-state index in [0.29, 0.717) is 32.1 Å². The van der Waals surface area contributed by atoms with Gasteiger partial charge < -0.3 is 14.8 Å². The number of hydrogen-bond donors (Lipinski definition) is 1. The molecule has 0 radical (unpaired) electrons. The number of rotatable bonds is 6. The number of benzene rings is 1. The lowest BCUT2D eigenvalue weighted by Gasteiger charge is -2.38. The Kier molecular flexibility index (Phi) is 6.32. The van der Waals surface area contributed by atoms with Gasteiger partial charge in [-0.1, -0.05) is 32.9 Å². The second kappa shape index (κ2) is 8.57. The van der Waals surface area contributed by atoms with E-state index in [9.17, 15) is 4.79 Å². The summed E-state index contributed by atoms with van der Waals surface area (Å²) in [6.45, 7) is 10.9. The molecule has 0 unspecified atom stereocenters. The normalized spacial score (nSPS) is 16.4. The van der Waals surface area contributed by atoms with Crippen LogP contribution in [0.4, 0.5) is 0 Å². The number of amides is 1. The van der Waals surface area contributed by atoms with Gasteiger partial charge in [0, 0.05) is 37.6 Å². The zero-order chi connectivity index (χ0) is 21.1. The Morgan fingerprint density at radius 1 is 1.24 bits per heavy atom. The summed E-state index contributed by atoms with van der Waals surface area (Å²) in [4.78, 5) is 12.9. The molecule has 1 aliphatic rings. The monoisotopic (exact) mass is 399 g/mol. The van der Waals surface area contributed by atoms with E-state index in [1.165, 1.54) is 5.56 Å². The molecule has 0 spiro atoms. The first-order valence-electron chi connectivity index (χ1n) is 10.4. The molecule has 0 atom stereocenters. The summed E-state index contributed by atoms with van der Waals surface area (Å²) in [6.07, 6.45) is 1.75. The highest BCUT2D eigenvalue weighted by atomic mass is 16.5. The summed E-state index contributed by atoms with van der Waals surface area (Å²) in [7, 11) is 1.82. The van der Waals surface area contributed by atoms with Gasteiger partial charge in [-0.3, -0.25) is 9.48 Å². The van der Waals surface area contributed by atoms with Crippen LogP contribution in [0.3, 0.4) is 0 Å². The van der Waals surface area contributed by atoms with E-state index in [0.717, 1.165) is 24.3 Å². The second-order valence-electron chi connectivity index (χ2n) is 8.82. The van der Waals surface area contributed by atoms with Gasteiger partial charge in [0.1, 0.15) is 11.4 Å². The number of hydrogen-bond acceptors (Lipinski definition) is 4. The minimum Gasteiger partial charge on any atom is -0.494 e. The van der Waals surface area contributed by atoms with Gasteiger partial charge in [0.05, 0.1) is 12.3 Å². The van der Waals surface area contributed by atoms with E-state index < -0.39 is 0 Å². The quantitative estimate of drug-likeness (QED) is 0.806. The Hall–Kier alpha value is -2.34. The molecule has 158 valence electrons. The molecule has 6 nitrogen and oxygen atoms in total. The molecule has 1 aliphatic heterocycles. The first-order valence-corrected chi connectivity index (χ1v) is 10.4. The standard InChI is InChI=1S/C23H33N3O3/c1-6-29-18-9-7-17(8-10-18)23(11-13-28-14-12-23)16-24-21(27)19-15-20(22(2,3)4)25-26(19)5/h7-10,15H,6,11-14,16H2,1-5H3,(H,24,27). The van der Waals surface area contributed by atoms with Gasteiger partial charge >= 0.3 is 0 Å². The average Bonchev–Trinajstić information content (AvgIpc) is 3.10. The zero-order valence-corrected chi connectivity index (χ0v) is 18.2. The van der Waals surface area contributed by atoms with Crippen molar-refractivity contribution in [3.8, 4) is 5.75 Å². The summed E-state index contributed by atoms with van der Waals surface area (Å²) in [5.74, 6) is 0.777. The number of carbonyl (C=O) groups excluding carboxylic acids is 1. The maximum Gasteiger partial charge on any atom is 0.269 e. The van der Waals surface area contributed by atoms with Crippen LogP contribution >= 0.6 is 0 Å². The van der Waals surface area contributed by atoms with Crippen LogP contribution in [0, 0.1) is 0 Å². The topological polar surface area (TPSA) is 65.4 Å². The van der Waals surface area contributed by atoms with Crippen LogP contribution in [0.25, 0.3) is 0 Å². The van der Waals surface area contributed by atoms with Crippen LogP contribution in [-0.4, -0.2) is 42.1 Å². The molecule has 1 N–H and O–H groups in total. The third-order valence-corrected chi connectivity index (χ3v) is 5.70. The number of carbonyl (C=O) groups is 1. The van der Waals surface area contributed by atoms with Crippen molar-refractivity contribution in [2.45, 2.75) is 51.4 Å². The molecule has 1 saturated heterocycles. The van der Waals surface area contributed by atoms with Crippen molar-refractivity contribution in [2.75, 3.05) is 26.4 Å². The largest absolute Gasteiger partial charge is 0.494 e. The second-order valence-corrected chi connectivity index (χ2v) is 8.82. The Morgan fingerprint density at radius 2 is 1.90 bits per heavy atom. The third-order valence-electron chi connectivity index (χ3n) is 5.70. The summed E-state index contributed by atoms with van der Waals surface area (Å²) >= 11 is 0. The fraction of sp³-hybridized carbons (Fsp3) is 0.565. The molecule has 6 heteroatoms. The van der Waals surface area contributed by atoms with E-state index >= 15 is 0 Å². The molecule has 0 aliphatic carbocycles. The van der Waals surface area contributed by atoms with Crippen molar-refractivity contribution < 1.29 is 14.3 Å². The summed E-state index contributed by atoms with van der Waals surface area (Å²) in [5.41, 5.74) is 2.48. The number of nitrogens with zero attached hydrogens (tertiary/aromatic N) is 2. The van der Waals surface area contributed by atoms with E-state index in [2.05, 4.69) is 43.3 Å². The smallest absolute Gasteiger partial charge is 0.269 e. The van der Waals surface area contributed by atoms with Crippen molar-refractivity contribution in [3.63, 3.8) is 0 Å². The van der Waals surface area contributed by atoms with Crippen LogP contribution in [0.15, 0.2) is 30.3 Å². The van der Waals surface area contributed by atoms with Gasteiger partial charge in [0.15, 0.2) is 0 Å². The van der Waals surface area contributed by atoms with Gasteiger partial charge in [0.2, 0.25) is 0 Å². The fourth-order valence-corrected chi connectivity index (χ4v) is 3.79. The van der Waals surface area contributed by atoms with Crippen molar-refractivity contribution in [1.82, 2.24) is 15.1 Å². The average molecular weight is 400 g/mol. The molecule has 1 aromatic heterocycles. The number of aryl methyl sites for hydroxylation is 1. The minimum atomic E-state index is -0.135. The van der Waals surface area contributed by atoms with Crippen LogP contribution in [0.2, 0.25) is 0 Å². The van der Waals surface area contributed by atoms with E-state index in [-0.39, 0.29) is 16.7 Å². The van der Waals surface area contributed by atoms with Crippen LogP contribution in [0.5, 0.6) is 5.75 Å². The van der Waals surface area contributed by atoms with Crippen LogP contribution < -0.4 is 10.1 Å². The summed E-state index contributed by atoms with van der Waals surface area (Å²) in [6, 6.07) is 10.1. The molecule has 1 aromatic carbocycles. The number of aromatic nitrogens is 2. The maximum absolute atomic E-state index is 12.9. The highest BCUT2D eigenvalue weighted by molar-refractivity contribution is 5.92. The predicted molar refractivity (Wildman–Crippen MR) is 114 cm³/mol. The number of ether oxygens (including phenoxy) is 2. The highest BCUT2D eigenvalue weighted by Crippen LogP contribution is 2.35. The van der Waals surface area contributed by atoms with Crippen LogP contribution in [-0.2, 0) is 22.6 Å². The Balaban J connectivity index is 1.77. The van der Waals surface area contributed by atoms with Gasteiger partial charge in [-0.15, -0.1) is 0 Å². The molecule has 3 rings (SSSR count). The Morgan fingerprint density at radius 3 is 2.45 bits per heavy atom. The summed E-state index contributed by atoms with van der Waals surface area (Å²) in [5, 5.41) is 7.69. The Labute approximate surface area is 173 Å². The molecular formula is C23H33N3O3. The highest BCUT2D eigenvalue weighted by Gasteiger charge is 2.35. The third kappa shape index (κ3) is 4.81. The molecule has 0 bridgehead atoms. The van der Waals surface area contributed by atoms with Gasteiger partial charge in [-0.2, -0.15) is 5.10 Å². The molecule has 2 heterocycles. The van der Waals surface area contributed by atoms with Gasteiger partial charge in [-0.25, -0.2) is 0 Å². The van der Waals surface area contributed by atoms with Crippen molar-refractivity contribution in [2.24, 2.45) is 7.05 Å². The zero-order valence-electron chi connectivity index (χ0n) is 18.2. The van der Waals surface area contributed by atoms with Gasteiger partial charge in [-0.05, 0) is 43.5 Å². The SMILES string of the molecule is CCOc1ccc(C2(CNC(=O)c3cc(C(C)(C)C)nn3C)CCOCC2)cc1. The molecule has 2 aromatic rings. The number of nitrogens with one attached hydrogen (secondary N) is 1. The Bertz CT molecular complexity index is 828. The first kappa shape index (κ1) is 21.4. The molecular weight excluding hydrogens is 366 g/mol. The molecule has 0 saturated carbocycles. The lowest BCUT2D eigenvalue weighted by molar-refractivity contribution is 0.0486. The fourth-order valence-electron chi connectivity index (χ4n) is 3.79. The molecule has 29 heavy (non-hydrogen) atoms. The van der Waals surface area contributed by atoms with Crippen molar-refractivity contribution >= 4 is 5.91 Å². The summed E-state index contributed by atoms with van der Waals surface area (Å²) < 4.78 is 12.9. The van der Waals surface area contributed by atoms with Crippen molar-refractivity contribution in [1.29, 1.82) is 0 Å². The van der Waals surface area contributed by atoms with E-state index in [4.69, 9.17) is 9.47 Å². The molecule has 1 amide bonds. The predicted octanol–water partition coefficient (Wildman–Crippen LogP) is 3.59. The van der Waals surface area contributed by atoms with E-state index in [1.807, 2.05) is 32.2 Å². The molecule has 1 fully saturated rings. The first-order chi connectivity index (χ1) is 13.7. The minimum absolute atomic E-state index is 0.0905. The van der Waals surface area contributed by atoms with E-state index in [1.54, 1.807) is 4.68 Å². The lowest BCUT2D eigenvalue weighted by atomic mass is 9.74. The van der Waals surface area contributed by atoms with Crippen LogP contribution in [0.1, 0.15) is 62.3 Å².